The Kier molecular flexibility index (Phi) is 4.08. The minimum absolute atomic E-state index is 0.308. The molecular weight excluding hydrogens is 212 g/mol. The molecule has 2 rings (SSSR count). The first-order valence-corrected chi connectivity index (χ1v) is 7.19. The number of hydrogen-bond donors (Lipinski definition) is 1. The van der Waals surface area contributed by atoms with Crippen LogP contribution in [0.15, 0.2) is 0 Å². The summed E-state index contributed by atoms with van der Waals surface area (Å²) < 4.78 is 0. The van der Waals surface area contributed by atoms with E-state index in [9.17, 15) is 4.79 Å². The summed E-state index contributed by atoms with van der Waals surface area (Å²) in [4.78, 5) is 14.3. The van der Waals surface area contributed by atoms with E-state index in [1.807, 2.05) is 0 Å². The molecule has 3 heteroatoms. The van der Waals surface area contributed by atoms with Gasteiger partial charge in [0.1, 0.15) is 0 Å². The Morgan fingerprint density at radius 1 is 1.35 bits per heavy atom. The van der Waals surface area contributed by atoms with Gasteiger partial charge in [-0.2, -0.15) is 0 Å². The molecular formula is C14H26N2O. The predicted molar refractivity (Wildman–Crippen MR) is 69.5 cm³/mol. The van der Waals surface area contributed by atoms with Gasteiger partial charge >= 0.3 is 0 Å². The molecule has 2 aliphatic rings. The van der Waals surface area contributed by atoms with Crippen molar-refractivity contribution >= 4 is 5.91 Å². The van der Waals surface area contributed by atoms with Gasteiger partial charge < -0.3 is 4.90 Å². The summed E-state index contributed by atoms with van der Waals surface area (Å²) in [7, 11) is 0. The second-order valence-corrected chi connectivity index (χ2v) is 5.89. The minimum Gasteiger partial charge on any atom is -0.323 e. The molecule has 0 aromatic rings. The van der Waals surface area contributed by atoms with Gasteiger partial charge in [-0.05, 0) is 31.1 Å². The van der Waals surface area contributed by atoms with Crippen LogP contribution in [-0.4, -0.2) is 29.6 Å². The smallest absolute Gasteiger partial charge is 0.238 e. The average molecular weight is 238 g/mol. The monoisotopic (exact) mass is 238 g/mol. The summed E-state index contributed by atoms with van der Waals surface area (Å²) in [6, 6.07) is 0.406. The van der Waals surface area contributed by atoms with Gasteiger partial charge in [0, 0.05) is 6.04 Å². The molecule has 2 unspecified atom stereocenters. The van der Waals surface area contributed by atoms with Gasteiger partial charge in [0.15, 0.2) is 0 Å². The van der Waals surface area contributed by atoms with Crippen molar-refractivity contribution in [1.29, 1.82) is 0 Å². The topological polar surface area (TPSA) is 32.3 Å². The highest BCUT2D eigenvalue weighted by atomic mass is 16.2. The Labute approximate surface area is 105 Å². The number of carbonyl (C=O) groups is 1. The molecule has 0 bridgehead atoms. The van der Waals surface area contributed by atoms with Crippen molar-refractivity contribution in [3.8, 4) is 0 Å². The van der Waals surface area contributed by atoms with E-state index in [1.54, 1.807) is 0 Å². The molecule has 2 atom stereocenters. The number of hydrogen-bond acceptors (Lipinski definition) is 2. The van der Waals surface area contributed by atoms with Crippen LogP contribution in [0, 0.1) is 11.8 Å². The van der Waals surface area contributed by atoms with Gasteiger partial charge in [-0.15, -0.1) is 0 Å². The van der Waals surface area contributed by atoms with Gasteiger partial charge in [0.05, 0.1) is 12.7 Å². The Morgan fingerprint density at radius 3 is 2.53 bits per heavy atom. The van der Waals surface area contributed by atoms with Crippen molar-refractivity contribution in [2.75, 3.05) is 6.54 Å². The number of carbonyl (C=O) groups excluding carboxylic acids is 1. The summed E-state index contributed by atoms with van der Waals surface area (Å²) in [5.74, 6) is 1.55. The molecule has 1 N–H and O–H groups in total. The second kappa shape index (κ2) is 5.38. The van der Waals surface area contributed by atoms with Crippen LogP contribution in [-0.2, 0) is 4.79 Å². The lowest BCUT2D eigenvalue weighted by Gasteiger charge is -2.37. The average Bonchev–Trinajstić information content (AvgIpc) is 2.89. The number of nitrogens with one attached hydrogen (secondary N) is 1. The van der Waals surface area contributed by atoms with E-state index in [0.29, 0.717) is 36.5 Å². The maximum absolute atomic E-state index is 12.1. The van der Waals surface area contributed by atoms with Crippen LogP contribution in [0.25, 0.3) is 0 Å². The molecule has 2 fully saturated rings. The zero-order valence-electron chi connectivity index (χ0n) is 11.4. The lowest BCUT2D eigenvalue weighted by Crippen LogP contribution is -2.49. The zero-order chi connectivity index (χ0) is 12.4. The van der Waals surface area contributed by atoms with Crippen molar-refractivity contribution in [3.63, 3.8) is 0 Å². The molecule has 1 heterocycles. The number of nitrogens with zero attached hydrogens (tertiary/aromatic N) is 1. The van der Waals surface area contributed by atoms with E-state index in [4.69, 9.17) is 0 Å². The number of rotatable bonds is 4. The van der Waals surface area contributed by atoms with Crippen LogP contribution in [0.5, 0.6) is 0 Å². The lowest BCUT2D eigenvalue weighted by molar-refractivity contribution is -0.132. The summed E-state index contributed by atoms with van der Waals surface area (Å²) in [5, 5.41) is 3.44. The third-order valence-electron chi connectivity index (χ3n) is 4.44. The SMILES string of the molecule is CCC(C(C)C)N1C(=O)CNC1C1CCCC1. The summed E-state index contributed by atoms with van der Waals surface area (Å²) in [6.07, 6.45) is 6.63. The van der Waals surface area contributed by atoms with E-state index >= 15 is 0 Å². The van der Waals surface area contributed by atoms with Crippen LogP contribution < -0.4 is 5.32 Å². The van der Waals surface area contributed by atoms with Gasteiger partial charge in [-0.1, -0.05) is 33.6 Å². The Hall–Kier alpha value is -0.570. The van der Waals surface area contributed by atoms with Gasteiger partial charge in [0.2, 0.25) is 5.91 Å². The first kappa shape index (κ1) is 12.9. The van der Waals surface area contributed by atoms with E-state index in [-0.39, 0.29) is 0 Å². The molecule has 1 amide bonds. The lowest BCUT2D eigenvalue weighted by atomic mass is 9.96. The van der Waals surface area contributed by atoms with E-state index in [0.717, 1.165) is 6.42 Å². The van der Waals surface area contributed by atoms with E-state index in [1.165, 1.54) is 25.7 Å². The van der Waals surface area contributed by atoms with Crippen LogP contribution in [0.4, 0.5) is 0 Å². The fourth-order valence-electron chi connectivity index (χ4n) is 3.58. The highest BCUT2D eigenvalue weighted by Crippen LogP contribution is 2.33. The highest BCUT2D eigenvalue weighted by Gasteiger charge is 2.40. The van der Waals surface area contributed by atoms with E-state index in [2.05, 4.69) is 31.0 Å². The molecule has 17 heavy (non-hydrogen) atoms. The van der Waals surface area contributed by atoms with Crippen molar-refractivity contribution in [2.24, 2.45) is 11.8 Å². The summed E-state index contributed by atoms with van der Waals surface area (Å²) in [5.41, 5.74) is 0. The minimum atomic E-state index is 0.308. The molecule has 98 valence electrons. The third kappa shape index (κ3) is 2.49. The molecule has 1 aliphatic carbocycles. The molecule has 3 nitrogen and oxygen atoms in total. The van der Waals surface area contributed by atoms with Gasteiger partial charge in [-0.3, -0.25) is 10.1 Å². The standard InChI is InChI=1S/C14H26N2O/c1-4-12(10(2)3)16-13(17)9-15-14(16)11-7-5-6-8-11/h10-12,14-15H,4-9H2,1-3H3. The van der Waals surface area contributed by atoms with Crippen molar-refractivity contribution in [2.45, 2.75) is 65.1 Å². The molecule has 1 aliphatic heterocycles. The molecule has 0 aromatic carbocycles. The second-order valence-electron chi connectivity index (χ2n) is 5.89. The van der Waals surface area contributed by atoms with Crippen molar-refractivity contribution in [3.05, 3.63) is 0 Å². The first-order chi connectivity index (χ1) is 8.15. The Bertz CT molecular complexity index is 271. The van der Waals surface area contributed by atoms with Crippen LogP contribution >= 0.6 is 0 Å². The Balaban J connectivity index is 2.12. The fraction of sp³-hybridized carbons (Fsp3) is 0.929. The van der Waals surface area contributed by atoms with Crippen LogP contribution in [0.2, 0.25) is 0 Å². The maximum Gasteiger partial charge on any atom is 0.238 e. The zero-order valence-corrected chi connectivity index (χ0v) is 11.4. The maximum atomic E-state index is 12.1. The molecule has 1 saturated carbocycles. The predicted octanol–water partition coefficient (Wildman–Crippen LogP) is 2.37. The van der Waals surface area contributed by atoms with Gasteiger partial charge in [-0.25, -0.2) is 0 Å². The molecule has 0 spiro atoms. The van der Waals surface area contributed by atoms with Crippen molar-refractivity contribution in [1.82, 2.24) is 10.2 Å². The molecule has 0 aromatic heterocycles. The Morgan fingerprint density at radius 2 is 2.00 bits per heavy atom. The normalized spacial score (nSPS) is 28.4. The van der Waals surface area contributed by atoms with Gasteiger partial charge in [0.25, 0.3) is 0 Å². The molecule has 0 radical (unpaired) electrons. The largest absolute Gasteiger partial charge is 0.323 e. The van der Waals surface area contributed by atoms with Crippen LogP contribution in [0.3, 0.4) is 0 Å². The highest BCUT2D eigenvalue weighted by molar-refractivity contribution is 5.81. The molecule has 1 saturated heterocycles. The van der Waals surface area contributed by atoms with Crippen LogP contribution in [0.1, 0.15) is 52.9 Å². The van der Waals surface area contributed by atoms with E-state index < -0.39 is 0 Å². The summed E-state index contributed by atoms with van der Waals surface area (Å²) >= 11 is 0. The summed E-state index contributed by atoms with van der Waals surface area (Å²) in [6.45, 7) is 7.20. The quantitative estimate of drug-likeness (QED) is 0.815. The fourth-order valence-corrected chi connectivity index (χ4v) is 3.58. The van der Waals surface area contributed by atoms with Crippen molar-refractivity contribution < 1.29 is 4.79 Å². The third-order valence-corrected chi connectivity index (χ3v) is 4.44. The number of amides is 1. The first-order valence-electron chi connectivity index (χ1n) is 7.19.